The Kier molecular flexibility index (Phi) is 5.62. The van der Waals surface area contributed by atoms with Crippen LogP contribution >= 0.6 is 0 Å². The number of piperidine rings is 1. The van der Waals surface area contributed by atoms with Gasteiger partial charge in [0.2, 0.25) is 11.8 Å². The van der Waals surface area contributed by atoms with Gasteiger partial charge in [0, 0.05) is 55.5 Å². The second kappa shape index (κ2) is 8.31. The summed E-state index contributed by atoms with van der Waals surface area (Å²) in [6, 6.07) is 5.62. The van der Waals surface area contributed by atoms with E-state index in [4.69, 9.17) is 9.84 Å². The third-order valence-corrected chi connectivity index (χ3v) is 5.89. The van der Waals surface area contributed by atoms with Gasteiger partial charge in [-0.3, -0.25) is 9.48 Å². The maximum Gasteiger partial charge on any atom is 0.226 e. The first-order valence-corrected chi connectivity index (χ1v) is 10.2. The Morgan fingerprint density at radius 2 is 2.07 bits per heavy atom. The Hall–Kier alpha value is -2.41. The van der Waals surface area contributed by atoms with Crippen LogP contribution in [0.1, 0.15) is 36.7 Å². The van der Waals surface area contributed by atoms with Gasteiger partial charge in [-0.2, -0.15) is 5.10 Å². The molecule has 4 heterocycles. The van der Waals surface area contributed by atoms with Crippen molar-refractivity contribution < 1.29 is 9.53 Å². The average Bonchev–Trinajstić information content (AvgIpc) is 3.10. The lowest BCUT2D eigenvalue weighted by Gasteiger charge is -2.34. The van der Waals surface area contributed by atoms with E-state index in [0.717, 1.165) is 56.7 Å². The zero-order chi connectivity index (χ0) is 19.5. The van der Waals surface area contributed by atoms with Gasteiger partial charge in [-0.25, -0.2) is 4.98 Å². The Balaban J connectivity index is 1.48. The molecule has 0 atom stereocenters. The number of rotatable bonds is 5. The number of carbonyl (C=O) groups is 1. The summed E-state index contributed by atoms with van der Waals surface area (Å²) in [4.78, 5) is 21.6. The largest absolute Gasteiger partial charge is 0.471 e. The van der Waals surface area contributed by atoms with Crippen LogP contribution in [0.4, 0.5) is 0 Å². The van der Waals surface area contributed by atoms with Crippen LogP contribution in [0.25, 0.3) is 0 Å². The van der Waals surface area contributed by atoms with E-state index in [0.29, 0.717) is 24.9 Å². The smallest absolute Gasteiger partial charge is 0.226 e. The molecule has 1 saturated heterocycles. The van der Waals surface area contributed by atoms with Crippen LogP contribution in [0.3, 0.4) is 0 Å². The van der Waals surface area contributed by atoms with Crippen molar-refractivity contribution in [3.8, 4) is 5.88 Å². The van der Waals surface area contributed by atoms with Crippen molar-refractivity contribution in [2.75, 3.05) is 26.7 Å². The Bertz CT molecular complexity index is 812. The molecule has 2 aromatic heterocycles. The number of amides is 1. The van der Waals surface area contributed by atoms with Crippen LogP contribution in [0.15, 0.2) is 24.4 Å². The molecule has 1 amide bonds. The predicted octanol–water partition coefficient (Wildman–Crippen LogP) is 2.10. The van der Waals surface area contributed by atoms with Gasteiger partial charge in [0.25, 0.3) is 0 Å². The SMILES string of the molecule is CCn1nc(COc2ccccn2)c2c1CCN(C(=O)C1CCN(C)CC1)C2. The summed E-state index contributed by atoms with van der Waals surface area (Å²) in [5, 5.41) is 4.76. The molecule has 7 nitrogen and oxygen atoms in total. The van der Waals surface area contributed by atoms with Crippen LogP contribution in [-0.2, 0) is 30.9 Å². The minimum Gasteiger partial charge on any atom is -0.471 e. The number of hydrogen-bond acceptors (Lipinski definition) is 5. The molecular weight excluding hydrogens is 354 g/mol. The number of nitrogens with zero attached hydrogens (tertiary/aromatic N) is 5. The van der Waals surface area contributed by atoms with Crippen LogP contribution in [-0.4, -0.2) is 57.2 Å². The Morgan fingerprint density at radius 3 is 2.79 bits per heavy atom. The van der Waals surface area contributed by atoms with E-state index in [1.807, 2.05) is 23.1 Å². The topological polar surface area (TPSA) is 63.5 Å². The van der Waals surface area contributed by atoms with E-state index in [1.165, 1.54) is 5.69 Å². The van der Waals surface area contributed by atoms with Crippen molar-refractivity contribution in [1.82, 2.24) is 24.6 Å². The van der Waals surface area contributed by atoms with Gasteiger partial charge in [0.15, 0.2) is 0 Å². The van der Waals surface area contributed by atoms with E-state index in [1.54, 1.807) is 6.20 Å². The number of carbonyl (C=O) groups excluding carboxylic acids is 1. The molecule has 0 unspecified atom stereocenters. The maximum absolute atomic E-state index is 13.1. The third kappa shape index (κ3) is 3.90. The Labute approximate surface area is 166 Å². The summed E-state index contributed by atoms with van der Waals surface area (Å²) in [5.41, 5.74) is 3.32. The van der Waals surface area contributed by atoms with Crippen molar-refractivity contribution in [2.24, 2.45) is 5.92 Å². The van der Waals surface area contributed by atoms with Gasteiger partial charge in [-0.1, -0.05) is 6.07 Å². The van der Waals surface area contributed by atoms with Crippen LogP contribution in [0.5, 0.6) is 5.88 Å². The fourth-order valence-electron chi connectivity index (χ4n) is 4.22. The number of pyridine rings is 1. The lowest BCUT2D eigenvalue weighted by atomic mass is 9.94. The Morgan fingerprint density at radius 1 is 1.25 bits per heavy atom. The second-order valence-electron chi connectivity index (χ2n) is 7.73. The molecule has 2 aliphatic heterocycles. The molecule has 0 aromatic carbocycles. The minimum atomic E-state index is 0.159. The fraction of sp³-hybridized carbons (Fsp3) is 0.571. The first-order chi connectivity index (χ1) is 13.7. The number of likely N-dealkylation sites (tertiary alicyclic amines) is 1. The first-order valence-electron chi connectivity index (χ1n) is 10.2. The minimum absolute atomic E-state index is 0.159. The molecule has 0 saturated carbocycles. The van der Waals surface area contributed by atoms with Crippen molar-refractivity contribution in [1.29, 1.82) is 0 Å². The number of hydrogen-bond donors (Lipinski definition) is 0. The molecule has 4 rings (SSSR count). The maximum atomic E-state index is 13.1. The molecule has 0 bridgehead atoms. The van der Waals surface area contributed by atoms with E-state index >= 15 is 0 Å². The number of ether oxygens (including phenoxy) is 1. The third-order valence-electron chi connectivity index (χ3n) is 5.89. The molecule has 150 valence electrons. The van der Waals surface area contributed by atoms with Gasteiger partial charge in [0.1, 0.15) is 12.3 Å². The van der Waals surface area contributed by atoms with Gasteiger partial charge in [0.05, 0.1) is 0 Å². The highest BCUT2D eigenvalue weighted by atomic mass is 16.5. The summed E-state index contributed by atoms with van der Waals surface area (Å²) in [5.74, 6) is 1.06. The first kappa shape index (κ1) is 18.9. The number of fused-ring (bicyclic) bond motifs is 1. The predicted molar refractivity (Wildman–Crippen MR) is 106 cm³/mol. The molecular formula is C21H29N5O2. The summed E-state index contributed by atoms with van der Waals surface area (Å²) in [7, 11) is 2.13. The zero-order valence-electron chi connectivity index (χ0n) is 16.8. The second-order valence-corrected chi connectivity index (χ2v) is 7.73. The number of aryl methyl sites for hydroxylation is 1. The van der Waals surface area contributed by atoms with Crippen LogP contribution < -0.4 is 4.74 Å². The summed E-state index contributed by atoms with van der Waals surface area (Å²) in [6.45, 7) is 6.74. The highest BCUT2D eigenvalue weighted by Crippen LogP contribution is 2.27. The van der Waals surface area contributed by atoms with E-state index < -0.39 is 0 Å². The summed E-state index contributed by atoms with van der Waals surface area (Å²) >= 11 is 0. The normalized spacial score (nSPS) is 18.1. The molecule has 28 heavy (non-hydrogen) atoms. The van der Waals surface area contributed by atoms with E-state index in [2.05, 4.69) is 28.5 Å². The van der Waals surface area contributed by atoms with Crippen LogP contribution in [0, 0.1) is 5.92 Å². The van der Waals surface area contributed by atoms with Gasteiger partial charge < -0.3 is 14.5 Å². The molecule has 0 aliphatic carbocycles. The van der Waals surface area contributed by atoms with E-state index in [9.17, 15) is 4.79 Å². The molecule has 2 aromatic rings. The van der Waals surface area contributed by atoms with Crippen LogP contribution in [0.2, 0.25) is 0 Å². The van der Waals surface area contributed by atoms with Crippen molar-refractivity contribution in [3.63, 3.8) is 0 Å². The van der Waals surface area contributed by atoms with Gasteiger partial charge in [-0.15, -0.1) is 0 Å². The monoisotopic (exact) mass is 383 g/mol. The van der Waals surface area contributed by atoms with Gasteiger partial charge >= 0.3 is 0 Å². The standard InChI is InChI=1S/C21H29N5O2/c1-3-26-19-9-13-25(21(27)16-7-11-24(2)12-8-16)14-17(19)18(23-26)15-28-20-6-4-5-10-22-20/h4-6,10,16H,3,7-9,11-15H2,1-2H3. The lowest BCUT2D eigenvalue weighted by molar-refractivity contribution is -0.138. The highest BCUT2D eigenvalue weighted by Gasteiger charge is 2.32. The van der Waals surface area contributed by atoms with Crippen molar-refractivity contribution >= 4 is 5.91 Å². The molecule has 7 heteroatoms. The fourth-order valence-corrected chi connectivity index (χ4v) is 4.22. The lowest BCUT2D eigenvalue weighted by Crippen LogP contribution is -2.43. The molecule has 0 radical (unpaired) electrons. The van der Waals surface area contributed by atoms with Crippen molar-refractivity contribution in [2.45, 2.75) is 45.9 Å². The summed E-state index contributed by atoms with van der Waals surface area (Å²) < 4.78 is 7.90. The zero-order valence-corrected chi connectivity index (χ0v) is 16.8. The van der Waals surface area contributed by atoms with E-state index in [-0.39, 0.29) is 5.92 Å². The average molecular weight is 383 g/mol. The van der Waals surface area contributed by atoms with Crippen molar-refractivity contribution in [3.05, 3.63) is 41.3 Å². The quantitative estimate of drug-likeness (QED) is 0.791. The number of aromatic nitrogens is 3. The molecule has 0 N–H and O–H groups in total. The summed E-state index contributed by atoms with van der Waals surface area (Å²) in [6.07, 6.45) is 4.50. The van der Waals surface area contributed by atoms with Gasteiger partial charge in [-0.05, 0) is 46.0 Å². The highest BCUT2D eigenvalue weighted by molar-refractivity contribution is 5.79. The molecule has 0 spiro atoms. The molecule has 1 fully saturated rings. The molecule has 2 aliphatic rings.